The van der Waals surface area contributed by atoms with Crippen molar-refractivity contribution in [2.24, 2.45) is 0 Å². The Balaban J connectivity index is 1.32. The molecule has 2 amide bonds. The lowest BCUT2D eigenvalue weighted by atomic mass is 9.94. The maximum absolute atomic E-state index is 13.3. The van der Waals surface area contributed by atoms with Crippen LogP contribution in [0.4, 0.5) is 10.5 Å². The fourth-order valence-electron chi connectivity index (χ4n) is 6.07. The van der Waals surface area contributed by atoms with Gasteiger partial charge in [-0.05, 0) is 67.7 Å². The zero-order chi connectivity index (χ0) is 27.4. The van der Waals surface area contributed by atoms with Gasteiger partial charge in [0.15, 0.2) is 0 Å². The molecule has 5 rings (SSSR count). The highest BCUT2D eigenvalue weighted by Crippen LogP contribution is 2.35. The summed E-state index contributed by atoms with van der Waals surface area (Å²) in [4.78, 5) is 32.6. The summed E-state index contributed by atoms with van der Waals surface area (Å²) in [5, 5.41) is 4.15. The highest BCUT2D eigenvalue weighted by molar-refractivity contribution is 6.30. The number of halogens is 1. The average molecular weight is 551 g/mol. The van der Waals surface area contributed by atoms with Crippen molar-refractivity contribution in [3.63, 3.8) is 0 Å². The van der Waals surface area contributed by atoms with E-state index in [0.29, 0.717) is 29.6 Å². The third-order valence-electron chi connectivity index (χ3n) is 8.29. The first kappa shape index (κ1) is 27.5. The average Bonchev–Trinajstić information content (AvgIpc) is 2.97. The van der Waals surface area contributed by atoms with E-state index < -0.39 is 12.3 Å². The summed E-state index contributed by atoms with van der Waals surface area (Å²) >= 11 is 6.28. The normalized spacial score (nSPS) is 21.0. The molecule has 1 saturated carbocycles. The molecule has 1 N–H and O–H groups in total. The van der Waals surface area contributed by atoms with Crippen LogP contribution in [-0.4, -0.2) is 72.1 Å². The SMILES string of the molecule is C=C1CCN(C(=O)OCC)C(c2ccc(C(=O)N3CCN(C4CCCCC4)CC3)cc2)Nc2ccc(Cl)cc21. The number of piperazine rings is 1. The van der Waals surface area contributed by atoms with E-state index in [1.54, 1.807) is 11.8 Å². The summed E-state index contributed by atoms with van der Waals surface area (Å²) < 4.78 is 5.40. The van der Waals surface area contributed by atoms with Crippen molar-refractivity contribution < 1.29 is 14.3 Å². The van der Waals surface area contributed by atoms with Crippen LogP contribution in [-0.2, 0) is 4.74 Å². The monoisotopic (exact) mass is 550 g/mol. The van der Waals surface area contributed by atoms with Crippen molar-refractivity contribution in [2.75, 3.05) is 44.6 Å². The van der Waals surface area contributed by atoms with Crippen molar-refractivity contribution >= 4 is 34.9 Å². The molecule has 39 heavy (non-hydrogen) atoms. The molecule has 208 valence electrons. The maximum Gasteiger partial charge on any atom is 0.411 e. The number of rotatable bonds is 4. The zero-order valence-corrected chi connectivity index (χ0v) is 23.6. The molecule has 8 heteroatoms. The predicted octanol–water partition coefficient (Wildman–Crippen LogP) is 6.42. The fraction of sp³-hybridized carbons (Fsp3) is 0.484. The number of benzene rings is 2. The van der Waals surface area contributed by atoms with E-state index in [2.05, 4.69) is 16.8 Å². The lowest BCUT2D eigenvalue weighted by Gasteiger charge is -2.40. The smallest absolute Gasteiger partial charge is 0.411 e. The third kappa shape index (κ3) is 6.25. The Bertz CT molecular complexity index is 1190. The zero-order valence-electron chi connectivity index (χ0n) is 22.8. The van der Waals surface area contributed by atoms with Crippen LogP contribution >= 0.6 is 11.6 Å². The van der Waals surface area contributed by atoms with Crippen LogP contribution in [0.3, 0.4) is 0 Å². The van der Waals surface area contributed by atoms with E-state index >= 15 is 0 Å². The van der Waals surface area contributed by atoms with Gasteiger partial charge in [0, 0.05) is 60.6 Å². The number of fused-ring (bicyclic) bond motifs is 1. The van der Waals surface area contributed by atoms with Crippen LogP contribution in [0.1, 0.15) is 73.1 Å². The van der Waals surface area contributed by atoms with Crippen LogP contribution in [0, 0.1) is 0 Å². The molecule has 0 aromatic heterocycles. The van der Waals surface area contributed by atoms with Gasteiger partial charge in [-0.1, -0.05) is 49.6 Å². The van der Waals surface area contributed by atoms with Crippen molar-refractivity contribution in [3.8, 4) is 0 Å². The van der Waals surface area contributed by atoms with Crippen LogP contribution in [0.25, 0.3) is 5.57 Å². The number of anilines is 1. The molecule has 1 aliphatic carbocycles. The second-order valence-electron chi connectivity index (χ2n) is 10.7. The Kier molecular flexibility index (Phi) is 8.78. The van der Waals surface area contributed by atoms with Gasteiger partial charge in [0.1, 0.15) is 6.17 Å². The molecule has 0 radical (unpaired) electrons. The first-order valence-electron chi connectivity index (χ1n) is 14.3. The van der Waals surface area contributed by atoms with Gasteiger partial charge in [0.25, 0.3) is 5.91 Å². The topological polar surface area (TPSA) is 65.1 Å². The lowest BCUT2D eigenvalue weighted by molar-refractivity contribution is 0.0523. The van der Waals surface area contributed by atoms with Crippen molar-refractivity contribution in [3.05, 3.63) is 70.8 Å². The number of hydrogen-bond donors (Lipinski definition) is 1. The Labute approximate surface area is 236 Å². The molecule has 1 unspecified atom stereocenters. The minimum absolute atomic E-state index is 0.0639. The summed E-state index contributed by atoms with van der Waals surface area (Å²) in [6.07, 6.45) is 6.32. The number of hydrogen-bond acceptors (Lipinski definition) is 5. The second-order valence-corrected chi connectivity index (χ2v) is 11.2. The van der Waals surface area contributed by atoms with Crippen LogP contribution in [0.15, 0.2) is 49.0 Å². The van der Waals surface area contributed by atoms with E-state index in [0.717, 1.165) is 48.6 Å². The molecule has 7 nitrogen and oxygen atoms in total. The van der Waals surface area contributed by atoms with Crippen LogP contribution in [0.5, 0.6) is 0 Å². The minimum Gasteiger partial charge on any atom is -0.450 e. The van der Waals surface area contributed by atoms with Crippen LogP contribution in [0.2, 0.25) is 5.02 Å². The minimum atomic E-state index is -0.472. The number of carbonyl (C=O) groups is 2. The molecule has 3 aliphatic rings. The van der Waals surface area contributed by atoms with Crippen molar-refractivity contribution in [1.82, 2.24) is 14.7 Å². The quantitative estimate of drug-likeness (QED) is 0.476. The maximum atomic E-state index is 13.3. The molecular formula is C31H39ClN4O3. The van der Waals surface area contributed by atoms with Crippen molar-refractivity contribution in [1.29, 1.82) is 0 Å². The van der Waals surface area contributed by atoms with Gasteiger partial charge in [0.05, 0.1) is 6.61 Å². The van der Waals surface area contributed by atoms with Gasteiger partial charge in [0.2, 0.25) is 0 Å². The largest absolute Gasteiger partial charge is 0.450 e. The van der Waals surface area contributed by atoms with Crippen molar-refractivity contribution in [2.45, 2.75) is 57.7 Å². The molecule has 2 fully saturated rings. The Hall–Kier alpha value is -3.03. The summed E-state index contributed by atoms with van der Waals surface area (Å²) in [6.45, 7) is 10.2. The number of carbonyl (C=O) groups excluding carboxylic acids is 2. The highest BCUT2D eigenvalue weighted by Gasteiger charge is 2.31. The molecular weight excluding hydrogens is 512 g/mol. The van der Waals surface area contributed by atoms with E-state index in [-0.39, 0.29) is 12.5 Å². The first-order chi connectivity index (χ1) is 18.9. The third-order valence-corrected chi connectivity index (χ3v) is 8.52. The summed E-state index contributed by atoms with van der Waals surface area (Å²) in [6, 6.07) is 13.9. The lowest BCUT2D eigenvalue weighted by Crippen LogP contribution is -2.52. The molecule has 0 spiro atoms. The van der Waals surface area contributed by atoms with Gasteiger partial charge in [-0.3, -0.25) is 14.6 Å². The molecule has 2 aliphatic heterocycles. The molecule has 1 saturated heterocycles. The Morgan fingerprint density at radius 1 is 1.00 bits per heavy atom. The molecule has 1 atom stereocenters. The van der Waals surface area contributed by atoms with E-state index in [4.69, 9.17) is 16.3 Å². The number of amides is 2. The van der Waals surface area contributed by atoms with Crippen LogP contribution < -0.4 is 5.32 Å². The van der Waals surface area contributed by atoms with Gasteiger partial charge in [-0.25, -0.2) is 4.79 Å². The van der Waals surface area contributed by atoms with Gasteiger partial charge in [-0.2, -0.15) is 0 Å². The standard InChI is InChI=1S/C31H39ClN4O3/c1-3-39-31(38)36-16-15-22(2)27-21-25(32)13-14-28(27)33-29(36)23-9-11-24(12-10-23)30(37)35-19-17-34(18-20-35)26-7-5-4-6-8-26/h9-14,21,26,29,33H,2-8,15-20H2,1H3. The summed E-state index contributed by atoms with van der Waals surface area (Å²) in [5.41, 5.74) is 4.22. The van der Waals surface area contributed by atoms with Gasteiger partial charge < -0.3 is 15.0 Å². The Morgan fingerprint density at radius 2 is 1.72 bits per heavy atom. The fourth-order valence-corrected chi connectivity index (χ4v) is 6.24. The second kappa shape index (κ2) is 12.4. The number of nitrogens with zero attached hydrogens (tertiary/aromatic N) is 3. The first-order valence-corrected chi connectivity index (χ1v) is 14.6. The summed E-state index contributed by atoms with van der Waals surface area (Å²) in [7, 11) is 0. The predicted molar refractivity (Wildman–Crippen MR) is 156 cm³/mol. The molecule has 0 bridgehead atoms. The van der Waals surface area contributed by atoms with E-state index in [1.165, 1.54) is 32.1 Å². The Morgan fingerprint density at radius 3 is 2.41 bits per heavy atom. The number of nitrogens with one attached hydrogen (secondary N) is 1. The number of ether oxygens (including phenoxy) is 1. The molecule has 2 aromatic carbocycles. The van der Waals surface area contributed by atoms with Gasteiger partial charge in [-0.15, -0.1) is 0 Å². The summed E-state index contributed by atoms with van der Waals surface area (Å²) in [5.74, 6) is 0.0639. The molecule has 2 heterocycles. The van der Waals surface area contributed by atoms with E-state index in [9.17, 15) is 9.59 Å². The molecule has 2 aromatic rings. The highest BCUT2D eigenvalue weighted by atomic mass is 35.5. The van der Waals surface area contributed by atoms with Gasteiger partial charge >= 0.3 is 6.09 Å². The van der Waals surface area contributed by atoms with E-state index in [1.807, 2.05) is 47.4 Å².